The molecule has 0 radical (unpaired) electrons. The Morgan fingerprint density at radius 1 is 1.50 bits per heavy atom. The number of likely N-dealkylation sites (tertiary alicyclic amines) is 1. The Hall–Kier alpha value is -0.690. The van der Waals surface area contributed by atoms with E-state index in [1.165, 1.54) is 0 Å². The van der Waals surface area contributed by atoms with E-state index in [0.717, 1.165) is 13.1 Å². The molecule has 3 N–H and O–H groups in total. The molecule has 1 heterocycles. The molecule has 16 heavy (non-hydrogen) atoms. The summed E-state index contributed by atoms with van der Waals surface area (Å²) in [7, 11) is 1.62. The third-order valence-electron chi connectivity index (χ3n) is 2.79. The minimum absolute atomic E-state index is 0.399. The second kappa shape index (κ2) is 6.15. The van der Waals surface area contributed by atoms with Gasteiger partial charge in [0.2, 0.25) is 0 Å². The van der Waals surface area contributed by atoms with Crippen LogP contribution in [0.5, 0.6) is 0 Å². The molecule has 1 aliphatic rings. The second-order valence-corrected chi connectivity index (χ2v) is 4.09. The highest BCUT2D eigenvalue weighted by atomic mass is 16.5. The Morgan fingerprint density at radius 2 is 2.25 bits per heavy atom. The third-order valence-corrected chi connectivity index (χ3v) is 2.79. The molecule has 0 amide bonds. The molecule has 1 atom stereocenters. The largest absolute Gasteiger partial charge is 0.480 e. The molecule has 0 aliphatic carbocycles. The third kappa shape index (κ3) is 3.71. The lowest BCUT2D eigenvalue weighted by Crippen LogP contribution is -2.50. The van der Waals surface area contributed by atoms with Gasteiger partial charge in [0, 0.05) is 26.7 Å². The van der Waals surface area contributed by atoms with Crippen LogP contribution >= 0.6 is 0 Å². The van der Waals surface area contributed by atoms with Crippen LogP contribution in [-0.2, 0) is 14.3 Å². The lowest BCUT2D eigenvalue weighted by molar-refractivity contribution is -0.142. The molecule has 94 valence electrons. The van der Waals surface area contributed by atoms with E-state index < -0.39 is 11.5 Å². The molecule has 1 aliphatic heterocycles. The summed E-state index contributed by atoms with van der Waals surface area (Å²) in [5, 5.41) is 8.93. The van der Waals surface area contributed by atoms with Gasteiger partial charge in [-0.2, -0.15) is 0 Å². The normalized spacial score (nSPS) is 26.1. The Labute approximate surface area is 95.3 Å². The highest BCUT2D eigenvalue weighted by molar-refractivity contribution is 5.79. The van der Waals surface area contributed by atoms with Gasteiger partial charge < -0.3 is 20.3 Å². The van der Waals surface area contributed by atoms with Crippen molar-refractivity contribution < 1.29 is 19.4 Å². The van der Waals surface area contributed by atoms with Gasteiger partial charge in [0.25, 0.3) is 0 Å². The molecule has 1 unspecified atom stereocenters. The maximum Gasteiger partial charge on any atom is 0.325 e. The van der Waals surface area contributed by atoms with Crippen molar-refractivity contribution in [1.82, 2.24) is 4.90 Å². The number of aliphatic carboxylic acids is 1. The van der Waals surface area contributed by atoms with Crippen molar-refractivity contribution in [2.75, 3.05) is 46.6 Å². The maximum absolute atomic E-state index is 10.9. The predicted molar refractivity (Wildman–Crippen MR) is 58.3 cm³/mol. The van der Waals surface area contributed by atoms with Gasteiger partial charge in [-0.25, -0.2) is 0 Å². The molecule has 0 aromatic carbocycles. The molecule has 0 bridgehead atoms. The topological polar surface area (TPSA) is 85.0 Å². The summed E-state index contributed by atoms with van der Waals surface area (Å²) in [5.74, 6) is -0.921. The standard InChI is InChI=1S/C10H20N2O4/c1-15-6-7-16-5-4-12-3-2-10(11,8-12)9(13)14/h2-8,11H2,1H3,(H,13,14). The van der Waals surface area contributed by atoms with Crippen LogP contribution < -0.4 is 5.73 Å². The first kappa shape index (κ1) is 13.4. The van der Waals surface area contributed by atoms with Gasteiger partial charge in [-0.1, -0.05) is 0 Å². The summed E-state index contributed by atoms with van der Waals surface area (Å²) in [6.07, 6.45) is 0.500. The van der Waals surface area contributed by atoms with E-state index in [9.17, 15) is 4.79 Å². The van der Waals surface area contributed by atoms with Gasteiger partial charge in [0.1, 0.15) is 5.54 Å². The minimum atomic E-state index is -1.08. The van der Waals surface area contributed by atoms with Gasteiger partial charge in [-0.05, 0) is 6.42 Å². The van der Waals surface area contributed by atoms with E-state index in [2.05, 4.69) is 0 Å². The zero-order valence-electron chi connectivity index (χ0n) is 9.65. The van der Waals surface area contributed by atoms with Crippen molar-refractivity contribution in [1.29, 1.82) is 0 Å². The molecule has 6 heteroatoms. The summed E-state index contributed by atoms with van der Waals surface area (Å²) >= 11 is 0. The molecule has 1 fully saturated rings. The second-order valence-electron chi connectivity index (χ2n) is 4.09. The number of hydrogen-bond acceptors (Lipinski definition) is 5. The lowest BCUT2D eigenvalue weighted by Gasteiger charge is -2.19. The molecular formula is C10H20N2O4. The Kier molecular flexibility index (Phi) is 5.14. The average molecular weight is 232 g/mol. The van der Waals surface area contributed by atoms with Gasteiger partial charge in [-0.15, -0.1) is 0 Å². The Bertz CT molecular complexity index is 237. The van der Waals surface area contributed by atoms with Crippen LogP contribution in [-0.4, -0.2) is 68.1 Å². The van der Waals surface area contributed by atoms with Crippen molar-refractivity contribution in [3.63, 3.8) is 0 Å². The SMILES string of the molecule is COCCOCCN1CCC(N)(C(=O)O)C1. The zero-order chi connectivity index (χ0) is 12.0. The molecule has 1 saturated heterocycles. The summed E-state index contributed by atoms with van der Waals surface area (Å²) in [6.45, 7) is 3.56. The number of rotatable bonds is 7. The molecule has 1 rings (SSSR count). The number of ether oxygens (including phenoxy) is 2. The first-order chi connectivity index (χ1) is 7.58. The predicted octanol–water partition coefficient (Wildman–Crippen LogP) is -0.863. The van der Waals surface area contributed by atoms with Gasteiger partial charge in [0.15, 0.2) is 0 Å². The van der Waals surface area contributed by atoms with Crippen LogP contribution in [0.4, 0.5) is 0 Å². The van der Waals surface area contributed by atoms with Crippen molar-refractivity contribution in [3.05, 3.63) is 0 Å². The average Bonchev–Trinajstić information content (AvgIpc) is 2.62. The zero-order valence-corrected chi connectivity index (χ0v) is 9.65. The molecule has 0 saturated carbocycles. The summed E-state index contributed by atoms with van der Waals surface area (Å²) in [4.78, 5) is 12.9. The first-order valence-corrected chi connectivity index (χ1v) is 5.40. The van der Waals surface area contributed by atoms with Crippen LogP contribution in [0.1, 0.15) is 6.42 Å². The summed E-state index contributed by atoms with van der Waals surface area (Å²) < 4.78 is 10.2. The quantitative estimate of drug-likeness (QED) is 0.555. The minimum Gasteiger partial charge on any atom is -0.480 e. The van der Waals surface area contributed by atoms with E-state index in [1.54, 1.807) is 7.11 Å². The highest BCUT2D eigenvalue weighted by Gasteiger charge is 2.40. The van der Waals surface area contributed by atoms with Crippen LogP contribution in [0.3, 0.4) is 0 Å². The van der Waals surface area contributed by atoms with Crippen LogP contribution in [0.25, 0.3) is 0 Å². The summed E-state index contributed by atoms with van der Waals surface area (Å²) in [6, 6.07) is 0. The first-order valence-electron chi connectivity index (χ1n) is 5.40. The number of carboxylic acid groups (broad SMARTS) is 1. The van der Waals surface area contributed by atoms with Crippen LogP contribution in [0, 0.1) is 0 Å². The summed E-state index contributed by atoms with van der Waals surface area (Å²) in [5.41, 5.74) is 4.67. The number of nitrogens with zero attached hydrogens (tertiary/aromatic N) is 1. The molecule has 0 aromatic rings. The Balaban J connectivity index is 2.14. The van der Waals surface area contributed by atoms with E-state index in [1.807, 2.05) is 4.90 Å². The Morgan fingerprint density at radius 3 is 2.81 bits per heavy atom. The lowest BCUT2D eigenvalue weighted by atomic mass is 10.0. The monoisotopic (exact) mass is 232 g/mol. The van der Waals surface area contributed by atoms with Crippen molar-refractivity contribution in [3.8, 4) is 0 Å². The highest BCUT2D eigenvalue weighted by Crippen LogP contribution is 2.18. The number of hydrogen-bond donors (Lipinski definition) is 2. The van der Waals surface area contributed by atoms with Gasteiger partial charge in [-0.3, -0.25) is 9.69 Å². The molecular weight excluding hydrogens is 212 g/mol. The van der Waals surface area contributed by atoms with Crippen molar-refractivity contribution in [2.24, 2.45) is 5.73 Å². The smallest absolute Gasteiger partial charge is 0.325 e. The number of nitrogens with two attached hydrogens (primary N) is 1. The van der Waals surface area contributed by atoms with E-state index in [4.69, 9.17) is 20.3 Å². The van der Waals surface area contributed by atoms with Gasteiger partial charge >= 0.3 is 5.97 Å². The van der Waals surface area contributed by atoms with Crippen molar-refractivity contribution in [2.45, 2.75) is 12.0 Å². The number of methoxy groups -OCH3 is 1. The van der Waals surface area contributed by atoms with E-state index in [-0.39, 0.29) is 0 Å². The van der Waals surface area contributed by atoms with Crippen molar-refractivity contribution >= 4 is 5.97 Å². The fourth-order valence-electron chi connectivity index (χ4n) is 1.72. The van der Waals surface area contributed by atoms with Gasteiger partial charge in [0.05, 0.1) is 19.8 Å². The molecule has 0 spiro atoms. The van der Waals surface area contributed by atoms with E-state index >= 15 is 0 Å². The fourth-order valence-corrected chi connectivity index (χ4v) is 1.72. The van der Waals surface area contributed by atoms with Crippen LogP contribution in [0.15, 0.2) is 0 Å². The van der Waals surface area contributed by atoms with E-state index in [0.29, 0.717) is 32.8 Å². The number of carbonyl (C=O) groups is 1. The van der Waals surface area contributed by atoms with Crippen LogP contribution in [0.2, 0.25) is 0 Å². The maximum atomic E-state index is 10.9. The molecule has 6 nitrogen and oxygen atoms in total. The number of carboxylic acids is 1. The fraction of sp³-hybridized carbons (Fsp3) is 0.900. The molecule has 0 aromatic heterocycles.